The standard InChI is InChI=1S/C15H22N4S/c1-9(2)13(12-7-6-8-20-12)19-15-10(3)14(16-5)17-11(4)18-15/h6-9,13H,1-5H3,(H2,16,17,18,19). The molecule has 108 valence electrons. The molecule has 2 N–H and O–H groups in total. The third kappa shape index (κ3) is 3.10. The Balaban J connectivity index is 2.34. The maximum Gasteiger partial charge on any atom is 0.135 e. The summed E-state index contributed by atoms with van der Waals surface area (Å²) in [5, 5.41) is 8.82. The zero-order chi connectivity index (χ0) is 14.7. The van der Waals surface area contributed by atoms with Gasteiger partial charge in [-0.3, -0.25) is 0 Å². The van der Waals surface area contributed by atoms with Crippen molar-refractivity contribution in [2.45, 2.75) is 33.7 Å². The molecule has 0 saturated carbocycles. The summed E-state index contributed by atoms with van der Waals surface area (Å²) in [4.78, 5) is 10.3. The summed E-state index contributed by atoms with van der Waals surface area (Å²) in [6.45, 7) is 8.40. The molecule has 0 aliphatic carbocycles. The number of aromatic nitrogens is 2. The van der Waals surface area contributed by atoms with E-state index < -0.39 is 0 Å². The van der Waals surface area contributed by atoms with Crippen molar-refractivity contribution in [3.05, 3.63) is 33.8 Å². The molecule has 4 nitrogen and oxygen atoms in total. The molecule has 0 aromatic carbocycles. The molecule has 0 aliphatic heterocycles. The fourth-order valence-corrected chi connectivity index (χ4v) is 3.14. The number of anilines is 2. The summed E-state index contributed by atoms with van der Waals surface area (Å²) in [5.74, 6) is 3.06. The molecular formula is C15H22N4S. The second kappa shape index (κ2) is 6.22. The summed E-state index contributed by atoms with van der Waals surface area (Å²) in [7, 11) is 1.89. The fraction of sp³-hybridized carbons (Fsp3) is 0.467. The maximum atomic E-state index is 4.56. The molecule has 2 aromatic rings. The van der Waals surface area contributed by atoms with E-state index in [4.69, 9.17) is 0 Å². The zero-order valence-corrected chi connectivity index (χ0v) is 13.5. The lowest BCUT2D eigenvalue weighted by atomic mass is 10.0. The van der Waals surface area contributed by atoms with Gasteiger partial charge < -0.3 is 10.6 Å². The lowest BCUT2D eigenvalue weighted by Gasteiger charge is -2.23. The Morgan fingerprint density at radius 1 is 1.15 bits per heavy atom. The fourth-order valence-electron chi connectivity index (χ4n) is 2.19. The van der Waals surface area contributed by atoms with Crippen LogP contribution in [0.3, 0.4) is 0 Å². The highest BCUT2D eigenvalue weighted by molar-refractivity contribution is 7.10. The SMILES string of the molecule is CNc1nc(C)nc(NC(c2cccs2)C(C)C)c1C. The quantitative estimate of drug-likeness (QED) is 0.873. The zero-order valence-electron chi connectivity index (χ0n) is 12.7. The van der Waals surface area contributed by atoms with Gasteiger partial charge in [-0.2, -0.15) is 0 Å². The van der Waals surface area contributed by atoms with Crippen LogP contribution in [0.4, 0.5) is 11.6 Å². The first-order valence-electron chi connectivity index (χ1n) is 6.85. The smallest absolute Gasteiger partial charge is 0.135 e. The topological polar surface area (TPSA) is 49.8 Å². The second-order valence-electron chi connectivity index (χ2n) is 5.22. The summed E-state index contributed by atoms with van der Waals surface area (Å²) >= 11 is 1.78. The Kier molecular flexibility index (Phi) is 4.60. The van der Waals surface area contributed by atoms with Gasteiger partial charge in [0.15, 0.2) is 0 Å². The van der Waals surface area contributed by atoms with Crippen molar-refractivity contribution in [1.29, 1.82) is 0 Å². The van der Waals surface area contributed by atoms with E-state index >= 15 is 0 Å². The molecule has 0 aliphatic rings. The number of thiophene rings is 1. The van der Waals surface area contributed by atoms with E-state index in [-0.39, 0.29) is 6.04 Å². The predicted molar refractivity (Wildman–Crippen MR) is 86.6 cm³/mol. The second-order valence-corrected chi connectivity index (χ2v) is 6.20. The van der Waals surface area contributed by atoms with E-state index in [1.807, 2.05) is 20.9 Å². The highest BCUT2D eigenvalue weighted by Crippen LogP contribution is 2.31. The first-order chi connectivity index (χ1) is 9.52. The third-order valence-corrected chi connectivity index (χ3v) is 4.26. The molecule has 0 bridgehead atoms. The van der Waals surface area contributed by atoms with Crippen molar-refractivity contribution in [2.24, 2.45) is 5.92 Å². The molecule has 1 unspecified atom stereocenters. The van der Waals surface area contributed by atoms with Gasteiger partial charge in [0.05, 0.1) is 6.04 Å². The van der Waals surface area contributed by atoms with Crippen molar-refractivity contribution in [3.63, 3.8) is 0 Å². The van der Waals surface area contributed by atoms with Crippen LogP contribution in [-0.4, -0.2) is 17.0 Å². The van der Waals surface area contributed by atoms with Gasteiger partial charge in [0, 0.05) is 17.5 Å². The Bertz CT molecular complexity index is 564. The molecule has 2 aromatic heterocycles. The van der Waals surface area contributed by atoms with E-state index in [2.05, 4.69) is 52.0 Å². The van der Waals surface area contributed by atoms with Crippen molar-refractivity contribution < 1.29 is 0 Å². The lowest BCUT2D eigenvalue weighted by Crippen LogP contribution is -2.18. The summed E-state index contributed by atoms with van der Waals surface area (Å²) in [6, 6.07) is 4.53. The van der Waals surface area contributed by atoms with Crippen molar-refractivity contribution in [1.82, 2.24) is 9.97 Å². The van der Waals surface area contributed by atoms with Crippen LogP contribution in [-0.2, 0) is 0 Å². The van der Waals surface area contributed by atoms with E-state index in [9.17, 15) is 0 Å². The molecule has 0 saturated heterocycles. The highest BCUT2D eigenvalue weighted by Gasteiger charge is 2.19. The van der Waals surface area contributed by atoms with E-state index in [0.717, 1.165) is 23.0 Å². The van der Waals surface area contributed by atoms with Crippen molar-refractivity contribution >= 4 is 23.0 Å². The summed E-state index contributed by atoms with van der Waals surface area (Å²) in [5.41, 5.74) is 1.06. The number of rotatable bonds is 5. The average molecular weight is 290 g/mol. The van der Waals surface area contributed by atoms with Crippen LogP contribution in [0.15, 0.2) is 17.5 Å². The molecule has 0 radical (unpaired) electrons. The normalized spacial score (nSPS) is 12.5. The average Bonchev–Trinajstić information content (AvgIpc) is 2.92. The third-order valence-electron chi connectivity index (χ3n) is 3.30. The van der Waals surface area contributed by atoms with E-state index in [1.54, 1.807) is 11.3 Å². The Morgan fingerprint density at radius 2 is 1.85 bits per heavy atom. The minimum Gasteiger partial charge on any atom is -0.373 e. The van der Waals surface area contributed by atoms with Crippen LogP contribution in [0, 0.1) is 19.8 Å². The van der Waals surface area contributed by atoms with Gasteiger partial charge in [0.25, 0.3) is 0 Å². The van der Waals surface area contributed by atoms with E-state index in [1.165, 1.54) is 4.88 Å². The van der Waals surface area contributed by atoms with Gasteiger partial charge in [0.2, 0.25) is 0 Å². The molecule has 2 rings (SSSR count). The Morgan fingerprint density at radius 3 is 2.40 bits per heavy atom. The molecule has 0 amide bonds. The predicted octanol–water partition coefficient (Wildman–Crippen LogP) is 4.01. The van der Waals surface area contributed by atoms with Gasteiger partial charge >= 0.3 is 0 Å². The molecule has 5 heteroatoms. The Labute approximate surface area is 124 Å². The lowest BCUT2D eigenvalue weighted by molar-refractivity contribution is 0.551. The van der Waals surface area contributed by atoms with Crippen molar-refractivity contribution in [3.8, 4) is 0 Å². The monoisotopic (exact) mass is 290 g/mol. The first-order valence-corrected chi connectivity index (χ1v) is 7.73. The van der Waals surface area contributed by atoms with Crippen LogP contribution in [0.1, 0.15) is 36.2 Å². The molecule has 1 atom stereocenters. The van der Waals surface area contributed by atoms with Crippen LogP contribution >= 0.6 is 11.3 Å². The number of hydrogen-bond acceptors (Lipinski definition) is 5. The number of aryl methyl sites for hydroxylation is 1. The number of nitrogens with zero attached hydrogens (tertiary/aromatic N) is 2. The minimum absolute atomic E-state index is 0.271. The van der Waals surface area contributed by atoms with Gasteiger partial charge in [-0.05, 0) is 31.2 Å². The highest BCUT2D eigenvalue weighted by atomic mass is 32.1. The van der Waals surface area contributed by atoms with Gasteiger partial charge in [0.1, 0.15) is 17.5 Å². The molecular weight excluding hydrogens is 268 g/mol. The van der Waals surface area contributed by atoms with Crippen LogP contribution in [0.5, 0.6) is 0 Å². The minimum atomic E-state index is 0.271. The number of hydrogen-bond donors (Lipinski definition) is 2. The van der Waals surface area contributed by atoms with Gasteiger partial charge in [-0.15, -0.1) is 11.3 Å². The van der Waals surface area contributed by atoms with Crippen LogP contribution < -0.4 is 10.6 Å². The summed E-state index contributed by atoms with van der Waals surface area (Å²) < 4.78 is 0. The van der Waals surface area contributed by atoms with Gasteiger partial charge in [-0.25, -0.2) is 9.97 Å². The molecule has 0 fully saturated rings. The largest absolute Gasteiger partial charge is 0.373 e. The first kappa shape index (κ1) is 14.8. The number of nitrogens with one attached hydrogen (secondary N) is 2. The summed E-state index contributed by atoms with van der Waals surface area (Å²) in [6.07, 6.45) is 0. The molecule has 2 heterocycles. The molecule has 20 heavy (non-hydrogen) atoms. The van der Waals surface area contributed by atoms with Crippen molar-refractivity contribution in [2.75, 3.05) is 17.7 Å². The van der Waals surface area contributed by atoms with E-state index in [0.29, 0.717) is 5.92 Å². The van der Waals surface area contributed by atoms with Crippen LogP contribution in [0.25, 0.3) is 0 Å². The van der Waals surface area contributed by atoms with Crippen LogP contribution in [0.2, 0.25) is 0 Å². The maximum absolute atomic E-state index is 4.56. The Hall–Kier alpha value is -1.62. The van der Waals surface area contributed by atoms with Gasteiger partial charge in [-0.1, -0.05) is 19.9 Å². The molecule has 0 spiro atoms.